The van der Waals surface area contributed by atoms with Gasteiger partial charge in [-0.2, -0.15) is 0 Å². The molecule has 1 unspecified atom stereocenters. The second-order valence-electron chi connectivity index (χ2n) is 7.46. The number of rotatable bonds is 8. The highest BCUT2D eigenvalue weighted by Gasteiger charge is 2.19. The molecule has 3 aromatic carbocycles. The molecule has 0 spiro atoms. The summed E-state index contributed by atoms with van der Waals surface area (Å²) in [5.41, 5.74) is 2.67. The van der Waals surface area contributed by atoms with Crippen LogP contribution in [0.2, 0.25) is 0 Å². The highest BCUT2D eigenvalue weighted by atomic mass is 32.2. The molecule has 3 rings (SSSR count). The van der Waals surface area contributed by atoms with Crippen molar-refractivity contribution in [1.29, 1.82) is 0 Å². The van der Waals surface area contributed by atoms with Crippen LogP contribution in [-0.2, 0) is 16.6 Å². The third-order valence-corrected chi connectivity index (χ3v) is 6.14. The summed E-state index contributed by atoms with van der Waals surface area (Å²) in [5.74, 6) is -0.439. The molecule has 0 saturated heterocycles. The maximum atomic E-state index is 13.1. The average molecular weight is 441 g/mol. The Morgan fingerprint density at radius 1 is 0.968 bits per heavy atom. The van der Waals surface area contributed by atoms with Gasteiger partial charge in [0.25, 0.3) is 5.91 Å². The Morgan fingerprint density at radius 2 is 1.58 bits per heavy atom. The fourth-order valence-electron chi connectivity index (χ4n) is 3.18. The normalized spacial score (nSPS) is 12.2. The minimum Gasteiger partial charge on any atom is -0.351 e. The topological polar surface area (TPSA) is 66.5 Å². The summed E-state index contributed by atoms with van der Waals surface area (Å²) in [6, 6.07) is 22.0. The number of nitrogens with one attached hydrogen (secondary N) is 1. The van der Waals surface area contributed by atoms with Gasteiger partial charge in [0.05, 0.1) is 18.5 Å². The number of benzene rings is 3. The molecule has 1 N–H and O–H groups in total. The summed E-state index contributed by atoms with van der Waals surface area (Å²) in [6.07, 6.45) is 1.11. The fourth-order valence-corrected chi connectivity index (χ4v) is 4.07. The molecule has 0 aliphatic rings. The lowest BCUT2D eigenvalue weighted by Crippen LogP contribution is -2.30. The number of carbonyl (C=O) groups is 1. The predicted molar refractivity (Wildman–Crippen MR) is 121 cm³/mol. The second-order valence-corrected chi connectivity index (χ2v) is 9.37. The Kier molecular flexibility index (Phi) is 7.07. The lowest BCUT2D eigenvalue weighted by Gasteiger charge is -2.23. The van der Waals surface area contributed by atoms with Gasteiger partial charge in [-0.3, -0.25) is 9.10 Å². The van der Waals surface area contributed by atoms with Gasteiger partial charge in [0.1, 0.15) is 5.82 Å². The maximum Gasteiger partial charge on any atom is 0.251 e. The van der Waals surface area contributed by atoms with E-state index in [1.54, 1.807) is 36.4 Å². The zero-order valence-corrected chi connectivity index (χ0v) is 18.3. The monoisotopic (exact) mass is 440 g/mol. The van der Waals surface area contributed by atoms with Crippen LogP contribution in [0, 0.1) is 5.82 Å². The molecule has 0 bridgehead atoms. The summed E-state index contributed by atoms with van der Waals surface area (Å²) in [4.78, 5) is 12.5. The molecular weight excluding hydrogens is 415 g/mol. The van der Waals surface area contributed by atoms with Crippen molar-refractivity contribution < 1.29 is 17.6 Å². The van der Waals surface area contributed by atoms with Crippen molar-refractivity contribution in [2.45, 2.75) is 19.4 Å². The molecule has 3 aromatic rings. The second kappa shape index (κ2) is 9.75. The molecule has 0 aromatic heterocycles. The van der Waals surface area contributed by atoms with Gasteiger partial charge in [-0.15, -0.1) is 0 Å². The molecule has 162 valence electrons. The Balaban J connectivity index is 1.69. The van der Waals surface area contributed by atoms with Crippen LogP contribution >= 0.6 is 0 Å². The van der Waals surface area contributed by atoms with Gasteiger partial charge in [-0.25, -0.2) is 12.8 Å². The lowest BCUT2D eigenvalue weighted by atomic mass is 10.0. The van der Waals surface area contributed by atoms with E-state index in [2.05, 4.69) is 5.32 Å². The standard InChI is InChI=1S/C24H25FN2O3S/c1-18(20-6-4-3-5-7-20)16-26-24(28)21-10-14-23(15-11-21)27(31(2,29)30)17-19-8-12-22(25)13-9-19/h3-15,18H,16-17H2,1-2H3,(H,26,28). The molecule has 1 atom stereocenters. The molecule has 5 nitrogen and oxygen atoms in total. The van der Waals surface area contributed by atoms with E-state index in [1.165, 1.54) is 16.4 Å². The number of amides is 1. The van der Waals surface area contributed by atoms with Crippen LogP contribution in [0.5, 0.6) is 0 Å². The molecule has 7 heteroatoms. The average Bonchev–Trinajstić information content (AvgIpc) is 2.77. The summed E-state index contributed by atoms with van der Waals surface area (Å²) in [5, 5.41) is 2.91. The van der Waals surface area contributed by atoms with Gasteiger partial charge in [0.15, 0.2) is 0 Å². The zero-order chi connectivity index (χ0) is 22.4. The van der Waals surface area contributed by atoms with Gasteiger partial charge < -0.3 is 5.32 Å². The largest absolute Gasteiger partial charge is 0.351 e. The van der Waals surface area contributed by atoms with E-state index < -0.39 is 10.0 Å². The van der Waals surface area contributed by atoms with Crippen LogP contribution in [0.15, 0.2) is 78.9 Å². The van der Waals surface area contributed by atoms with Crippen LogP contribution < -0.4 is 9.62 Å². The summed E-state index contributed by atoms with van der Waals surface area (Å²) in [7, 11) is -3.57. The van der Waals surface area contributed by atoms with Crippen LogP contribution in [0.25, 0.3) is 0 Å². The first kappa shape index (κ1) is 22.5. The number of hydrogen-bond donors (Lipinski definition) is 1. The number of anilines is 1. The van der Waals surface area contributed by atoms with E-state index in [-0.39, 0.29) is 24.2 Å². The predicted octanol–water partition coefficient (Wildman–Crippen LogP) is 4.33. The minimum atomic E-state index is -3.57. The smallest absolute Gasteiger partial charge is 0.251 e. The Morgan fingerprint density at radius 3 is 2.16 bits per heavy atom. The van der Waals surface area contributed by atoms with E-state index in [0.29, 0.717) is 23.4 Å². The lowest BCUT2D eigenvalue weighted by molar-refractivity contribution is 0.0951. The van der Waals surface area contributed by atoms with Crippen molar-refractivity contribution >= 4 is 21.6 Å². The molecule has 1 amide bonds. The highest BCUT2D eigenvalue weighted by molar-refractivity contribution is 7.92. The van der Waals surface area contributed by atoms with Crippen molar-refractivity contribution in [3.05, 3.63) is 101 Å². The quantitative estimate of drug-likeness (QED) is 0.567. The van der Waals surface area contributed by atoms with Crippen LogP contribution in [0.4, 0.5) is 10.1 Å². The highest BCUT2D eigenvalue weighted by Crippen LogP contribution is 2.22. The summed E-state index contributed by atoms with van der Waals surface area (Å²) < 4.78 is 39.0. The number of carbonyl (C=O) groups excluding carboxylic acids is 1. The van der Waals surface area contributed by atoms with Crippen molar-refractivity contribution in [2.75, 3.05) is 17.1 Å². The maximum absolute atomic E-state index is 13.1. The molecule has 0 aliphatic heterocycles. The van der Waals surface area contributed by atoms with Gasteiger partial charge in [0, 0.05) is 12.1 Å². The van der Waals surface area contributed by atoms with Crippen molar-refractivity contribution in [2.24, 2.45) is 0 Å². The fraction of sp³-hybridized carbons (Fsp3) is 0.208. The number of halogens is 1. The zero-order valence-electron chi connectivity index (χ0n) is 17.5. The number of nitrogens with zero attached hydrogens (tertiary/aromatic N) is 1. The SMILES string of the molecule is CC(CNC(=O)c1ccc(N(Cc2ccc(F)cc2)S(C)(=O)=O)cc1)c1ccccc1. The van der Waals surface area contributed by atoms with Crippen molar-refractivity contribution in [1.82, 2.24) is 5.32 Å². The van der Waals surface area contributed by atoms with Crippen LogP contribution in [-0.4, -0.2) is 27.1 Å². The molecule has 0 radical (unpaired) electrons. The van der Waals surface area contributed by atoms with Gasteiger partial charge >= 0.3 is 0 Å². The van der Waals surface area contributed by atoms with Crippen LogP contribution in [0.1, 0.15) is 34.3 Å². The van der Waals surface area contributed by atoms with Crippen LogP contribution in [0.3, 0.4) is 0 Å². The third-order valence-electron chi connectivity index (χ3n) is 4.99. The minimum absolute atomic E-state index is 0.0687. The van der Waals surface area contributed by atoms with E-state index in [9.17, 15) is 17.6 Å². The molecule has 0 aliphatic carbocycles. The molecule has 0 heterocycles. The summed E-state index contributed by atoms with van der Waals surface area (Å²) >= 11 is 0. The molecule has 0 saturated carbocycles. The van der Waals surface area contributed by atoms with Crippen molar-refractivity contribution in [3.8, 4) is 0 Å². The number of sulfonamides is 1. The number of hydrogen-bond acceptors (Lipinski definition) is 3. The first-order valence-corrected chi connectivity index (χ1v) is 11.7. The van der Waals surface area contributed by atoms with E-state index >= 15 is 0 Å². The van der Waals surface area contributed by atoms with Gasteiger partial charge in [0.2, 0.25) is 10.0 Å². The van der Waals surface area contributed by atoms with Gasteiger partial charge in [-0.1, -0.05) is 49.4 Å². The molecular formula is C24H25FN2O3S. The van der Waals surface area contributed by atoms with Gasteiger partial charge in [-0.05, 0) is 53.4 Å². The van der Waals surface area contributed by atoms with E-state index in [0.717, 1.165) is 11.8 Å². The van der Waals surface area contributed by atoms with E-state index in [1.807, 2.05) is 37.3 Å². The first-order chi connectivity index (χ1) is 14.7. The molecule has 31 heavy (non-hydrogen) atoms. The Hall–Kier alpha value is -3.19. The third kappa shape index (κ3) is 6.15. The molecule has 0 fully saturated rings. The summed E-state index contributed by atoms with van der Waals surface area (Å²) in [6.45, 7) is 2.60. The Labute approximate surface area is 182 Å². The Bertz CT molecular complexity index is 1120. The van der Waals surface area contributed by atoms with E-state index in [4.69, 9.17) is 0 Å². The first-order valence-electron chi connectivity index (χ1n) is 9.89. The van der Waals surface area contributed by atoms with Crippen molar-refractivity contribution in [3.63, 3.8) is 0 Å².